The predicted molar refractivity (Wildman–Crippen MR) is 89.7 cm³/mol. The summed E-state index contributed by atoms with van der Waals surface area (Å²) in [5.74, 6) is -0.640. The molecule has 1 aromatic rings. The van der Waals surface area contributed by atoms with Crippen molar-refractivity contribution in [1.29, 1.82) is 0 Å². The van der Waals surface area contributed by atoms with Gasteiger partial charge in [-0.1, -0.05) is 19.4 Å². The van der Waals surface area contributed by atoms with Gasteiger partial charge in [-0.15, -0.1) is 0 Å². The van der Waals surface area contributed by atoms with Gasteiger partial charge >= 0.3 is 13.1 Å². The molecular weight excluding hydrogens is 295 g/mol. The number of ether oxygens (including phenoxy) is 1. The number of methoxy groups -OCH3 is 1. The Labute approximate surface area is 138 Å². The molecule has 0 saturated carbocycles. The molecule has 23 heavy (non-hydrogen) atoms. The zero-order valence-electron chi connectivity index (χ0n) is 14.7. The molecular formula is C17H25BO5. The molecule has 1 aromatic carbocycles. The molecule has 0 radical (unpaired) electrons. The van der Waals surface area contributed by atoms with Gasteiger partial charge in [0.05, 0.1) is 18.3 Å². The Hall–Kier alpha value is -1.53. The maximum absolute atomic E-state index is 11.6. The molecule has 0 aliphatic carbocycles. The van der Waals surface area contributed by atoms with Crippen molar-refractivity contribution in [2.75, 3.05) is 7.11 Å². The summed E-state index contributed by atoms with van der Waals surface area (Å²) in [6.07, 6.45) is 1.50. The van der Waals surface area contributed by atoms with Crippen LogP contribution in [0.3, 0.4) is 0 Å². The highest BCUT2D eigenvalue weighted by molar-refractivity contribution is 6.62. The van der Waals surface area contributed by atoms with Crippen molar-refractivity contribution in [3.05, 3.63) is 23.3 Å². The Balaban J connectivity index is 2.49. The molecule has 1 aliphatic rings. The van der Waals surface area contributed by atoms with Crippen molar-refractivity contribution < 1.29 is 23.9 Å². The number of hydrogen-bond donors (Lipinski definition) is 1. The average Bonchev–Trinajstić information content (AvgIpc) is 2.66. The lowest BCUT2D eigenvalue weighted by Gasteiger charge is -2.32. The van der Waals surface area contributed by atoms with Crippen LogP contribution >= 0.6 is 0 Å². The molecule has 1 aliphatic heterocycles. The Bertz CT molecular complexity index is 593. The van der Waals surface area contributed by atoms with Crippen LogP contribution in [0.15, 0.2) is 12.1 Å². The highest BCUT2D eigenvalue weighted by Crippen LogP contribution is 2.37. The van der Waals surface area contributed by atoms with E-state index < -0.39 is 24.3 Å². The van der Waals surface area contributed by atoms with E-state index in [2.05, 4.69) is 0 Å². The largest absolute Gasteiger partial charge is 0.496 e. The molecule has 0 aromatic heterocycles. The number of carbonyl (C=O) groups is 1. The first-order valence-corrected chi connectivity index (χ1v) is 7.92. The normalized spacial score (nSPS) is 19.0. The van der Waals surface area contributed by atoms with E-state index in [1.807, 2.05) is 40.7 Å². The second-order valence-electron chi connectivity index (χ2n) is 6.90. The smallest absolute Gasteiger partial charge is 0.494 e. The Morgan fingerprint density at radius 2 is 1.78 bits per heavy atom. The molecule has 0 spiro atoms. The van der Waals surface area contributed by atoms with E-state index in [1.54, 1.807) is 6.07 Å². The van der Waals surface area contributed by atoms with E-state index in [0.29, 0.717) is 12.2 Å². The minimum Gasteiger partial charge on any atom is -0.496 e. The summed E-state index contributed by atoms with van der Waals surface area (Å²) in [5, 5.41) is 9.48. The summed E-state index contributed by atoms with van der Waals surface area (Å²) >= 11 is 0. The number of carboxylic acids is 1. The molecule has 0 bridgehead atoms. The Kier molecular flexibility index (Phi) is 4.78. The average molecular weight is 320 g/mol. The van der Waals surface area contributed by atoms with Crippen LogP contribution in [0, 0.1) is 0 Å². The number of carboxylic acid groups (broad SMARTS) is 1. The molecule has 0 atom stereocenters. The summed E-state index contributed by atoms with van der Waals surface area (Å²) in [5.41, 5.74) is 0.857. The Morgan fingerprint density at radius 3 is 2.22 bits per heavy atom. The highest BCUT2D eigenvalue weighted by Gasteiger charge is 2.52. The number of rotatable bonds is 5. The molecule has 1 saturated heterocycles. The van der Waals surface area contributed by atoms with Gasteiger partial charge in [0.1, 0.15) is 11.3 Å². The van der Waals surface area contributed by atoms with Crippen LogP contribution in [-0.2, 0) is 15.7 Å². The van der Waals surface area contributed by atoms with Gasteiger partial charge in [-0.25, -0.2) is 4.79 Å². The van der Waals surface area contributed by atoms with Crippen LogP contribution < -0.4 is 10.2 Å². The SMILES string of the molecule is CCCc1cc(B2OC(C)(C)C(C)(C)O2)cc(OC)c1C(=O)O. The second-order valence-corrected chi connectivity index (χ2v) is 6.90. The summed E-state index contributed by atoms with van der Waals surface area (Å²) in [7, 11) is 0.943. The van der Waals surface area contributed by atoms with Gasteiger partial charge in [0.15, 0.2) is 0 Å². The fourth-order valence-corrected chi connectivity index (χ4v) is 2.68. The van der Waals surface area contributed by atoms with Crippen LogP contribution in [-0.4, -0.2) is 36.5 Å². The van der Waals surface area contributed by atoms with Crippen molar-refractivity contribution in [2.24, 2.45) is 0 Å². The summed E-state index contributed by atoms with van der Waals surface area (Å²) in [6.45, 7) is 9.97. The third kappa shape index (κ3) is 3.24. The van der Waals surface area contributed by atoms with E-state index in [1.165, 1.54) is 7.11 Å². The van der Waals surface area contributed by atoms with Crippen LogP contribution in [0.1, 0.15) is 57.0 Å². The van der Waals surface area contributed by atoms with Gasteiger partial charge in [-0.2, -0.15) is 0 Å². The van der Waals surface area contributed by atoms with Gasteiger partial charge in [-0.05, 0) is 51.2 Å². The number of hydrogen-bond acceptors (Lipinski definition) is 4. The van der Waals surface area contributed by atoms with Crippen LogP contribution in [0.4, 0.5) is 0 Å². The molecule has 6 heteroatoms. The third-order valence-corrected chi connectivity index (χ3v) is 4.68. The van der Waals surface area contributed by atoms with Crippen LogP contribution in [0.25, 0.3) is 0 Å². The topological polar surface area (TPSA) is 65.0 Å². The fraction of sp³-hybridized carbons (Fsp3) is 0.588. The van der Waals surface area contributed by atoms with Gasteiger partial charge in [0, 0.05) is 0 Å². The van der Waals surface area contributed by atoms with E-state index in [0.717, 1.165) is 17.4 Å². The maximum atomic E-state index is 11.6. The van der Waals surface area contributed by atoms with Gasteiger partial charge in [0.25, 0.3) is 0 Å². The Morgan fingerprint density at radius 1 is 1.22 bits per heavy atom. The van der Waals surface area contributed by atoms with Gasteiger partial charge < -0.3 is 19.2 Å². The minimum atomic E-state index is -0.981. The molecule has 2 rings (SSSR count). The lowest BCUT2D eigenvalue weighted by atomic mass is 9.77. The van der Waals surface area contributed by atoms with Crippen molar-refractivity contribution >= 4 is 18.6 Å². The summed E-state index contributed by atoms with van der Waals surface area (Å²) < 4.78 is 17.4. The zero-order valence-corrected chi connectivity index (χ0v) is 14.7. The van der Waals surface area contributed by atoms with Crippen LogP contribution in [0.5, 0.6) is 5.75 Å². The summed E-state index contributed by atoms with van der Waals surface area (Å²) in [4.78, 5) is 11.6. The quantitative estimate of drug-likeness (QED) is 0.845. The molecule has 126 valence electrons. The zero-order chi connectivity index (χ0) is 17.4. The van der Waals surface area contributed by atoms with Crippen molar-refractivity contribution in [3.63, 3.8) is 0 Å². The van der Waals surface area contributed by atoms with Gasteiger partial charge in [0.2, 0.25) is 0 Å². The van der Waals surface area contributed by atoms with Crippen molar-refractivity contribution in [1.82, 2.24) is 0 Å². The lowest BCUT2D eigenvalue weighted by molar-refractivity contribution is 0.00578. The molecule has 1 N–H and O–H groups in total. The number of aromatic carboxylic acids is 1. The first-order valence-electron chi connectivity index (χ1n) is 7.92. The standard InChI is InChI=1S/C17H25BO5/c1-7-8-11-9-12(10-13(21-6)14(11)15(19)20)18-22-16(2,3)17(4,5)23-18/h9-10H,7-8H2,1-6H3,(H,19,20). The number of benzene rings is 1. The molecule has 0 unspecified atom stereocenters. The van der Waals surface area contributed by atoms with Gasteiger partial charge in [-0.3, -0.25) is 0 Å². The lowest BCUT2D eigenvalue weighted by Crippen LogP contribution is -2.41. The highest BCUT2D eigenvalue weighted by atomic mass is 16.7. The predicted octanol–water partition coefficient (Wildman–Crippen LogP) is 2.65. The molecule has 1 heterocycles. The van der Waals surface area contributed by atoms with E-state index in [9.17, 15) is 9.90 Å². The molecule has 5 nitrogen and oxygen atoms in total. The second kappa shape index (κ2) is 6.17. The van der Waals surface area contributed by atoms with E-state index in [4.69, 9.17) is 14.0 Å². The molecule has 0 amide bonds. The number of aryl methyl sites for hydroxylation is 1. The van der Waals surface area contributed by atoms with E-state index >= 15 is 0 Å². The third-order valence-electron chi connectivity index (χ3n) is 4.68. The first-order chi connectivity index (χ1) is 10.6. The first kappa shape index (κ1) is 17.8. The van der Waals surface area contributed by atoms with Crippen molar-refractivity contribution in [2.45, 2.75) is 58.7 Å². The monoisotopic (exact) mass is 320 g/mol. The molecule has 1 fully saturated rings. The van der Waals surface area contributed by atoms with Crippen molar-refractivity contribution in [3.8, 4) is 5.75 Å². The summed E-state index contributed by atoms with van der Waals surface area (Å²) in [6, 6.07) is 3.56. The van der Waals surface area contributed by atoms with Crippen LogP contribution in [0.2, 0.25) is 0 Å². The fourth-order valence-electron chi connectivity index (χ4n) is 2.68. The maximum Gasteiger partial charge on any atom is 0.494 e. The minimum absolute atomic E-state index is 0.217. The van der Waals surface area contributed by atoms with E-state index in [-0.39, 0.29) is 5.56 Å².